The van der Waals surface area contributed by atoms with Gasteiger partial charge >= 0.3 is 0 Å². The van der Waals surface area contributed by atoms with Gasteiger partial charge in [-0.2, -0.15) is 0 Å². The largest absolute Gasteiger partial charge is 0.398 e. The van der Waals surface area contributed by atoms with Crippen LogP contribution >= 0.6 is 22.9 Å². The average Bonchev–Trinajstić information content (AvgIpc) is 2.61. The van der Waals surface area contributed by atoms with Gasteiger partial charge in [-0.25, -0.2) is 0 Å². The average molecular weight is 410 g/mol. The third-order valence-electron chi connectivity index (χ3n) is 4.24. The zero-order valence-electron chi connectivity index (χ0n) is 12.4. The number of nitrogen functional groups attached to an aromatic ring is 1. The van der Waals surface area contributed by atoms with Gasteiger partial charge in [0.1, 0.15) is 0 Å². The number of fused-ring (bicyclic) bond motifs is 2. The molecule has 0 amide bonds. The molecule has 112 valence electrons. The summed E-state index contributed by atoms with van der Waals surface area (Å²) in [6, 6.07) is 25.1. The minimum absolute atomic E-state index is 0.799. The van der Waals surface area contributed by atoms with Crippen molar-refractivity contribution in [2.24, 2.45) is 0 Å². The van der Waals surface area contributed by atoms with Crippen LogP contribution in [0.2, 0.25) is 0 Å². The molecule has 23 heavy (non-hydrogen) atoms. The van der Waals surface area contributed by atoms with E-state index in [1.807, 2.05) is 6.07 Å². The van der Waals surface area contributed by atoms with E-state index in [1.54, 1.807) is 0 Å². The van der Waals surface area contributed by atoms with Crippen molar-refractivity contribution in [1.29, 1.82) is 0 Å². The van der Waals surface area contributed by atoms with Gasteiger partial charge in [0.05, 0.1) is 28.6 Å². The highest BCUT2D eigenvalue weighted by atomic mass is 127. The smallest absolute Gasteiger partial charge is 0.0560 e. The first kappa shape index (κ1) is 14.3. The maximum atomic E-state index is 6.40. The van der Waals surface area contributed by atoms with Crippen LogP contribution in [0.15, 0.2) is 72.8 Å². The number of nitrogens with two attached hydrogens (primary N) is 1. The van der Waals surface area contributed by atoms with E-state index in [0.29, 0.717) is 0 Å². The molecule has 0 heterocycles. The van der Waals surface area contributed by atoms with Crippen LogP contribution in [-0.4, -0.2) is 0 Å². The van der Waals surface area contributed by atoms with Crippen molar-refractivity contribution in [2.45, 2.75) is 0 Å². The van der Waals surface area contributed by atoms with Gasteiger partial charge < -0.3 is 9.26 Å². The van der Waals surface area contributed by atoms with Crippen molar-refractivity contribution in [3.05, 3.63) is 72.8 Å². The van der Waals surface area contributed by atoms with Gasteiger partial charge in [-0.05, 0) is 33.7 Å². The lowest BCUT2D eigenvalue weighted by Gasteiger charge is -2.16. The Morgan fingerprint density at radius 2 is 1.22 bits per heavy atom. The van der Waals surface area contributed by atoms with Gasteiger partial charge in [-0.3, -0.25) is 0 Å². The lowest BCUT2D eigenvalue weighted by molar-refractivity contribution is 1.66. The number of halogens is 1. The number of hydrogen-bond acceptors (Lipinski definition) is 2. The zero-order valence-corrected chi connectivity index (χ0v) is 14.5. The van der Waals surface area contributed by atoms with Crippen LogP contribution in [0, 0.1) is 0 Å². The molecule has 0 aliphatic heterocycles. The molecule has 0 saturated heterocycles. The van der Waals surface area contributed by atoms with E-state index in [1.165, 1.54) is 21.5 Å². The molecule has 3 N–H and O–H groups in total. The highest BCUT2D eigenvalue weighted by Gasteiger charge is 2.15. The minimum atomic E-state index is 0.799. The monoisotopic (exact) mass is 410 g/mol. The minimum Gasteiger partial charge on any atom is -0.398 e. The van der Waals surface area contributed by atoms with Crippen molar-refractivity contribution in [3.63, 3.8) is 0 Å². The Balaban J connectivity index is 2.21. The maximum absolute atomic E-state index is 6.40. The van der Waals surface area contributed by atoms with E-state index in [-0.39, 0.29) is 0 Å². The molecule has 0 spiro atoms. The van der Waals surface area contributed by atoms with Crippen molar-refractivity contribution < 1.29 is 0 Å². The molecule has 4 aromatic carbocycles. The first-order chi connectivity index (χ1) is 11.3. The Morgan fingerprint density at radius 3 is 1.87 bits per heavy atom. The second kappa shape index (κ2) is 5.74. The van der Waals surface area contributed by atoms with Crippen LogP contribution < -0.4 is 9.26 Å². The Morgan fingerprint density at radius 1 is 0.652 bits per heavy atom. The fraction of sp³-hybridized carbons (Fsp3) is 0. The number of rotatable bonds is 2. The summed E-state index contributed by atoms with van der Waals surface area (Å²) < 4.78 is 3.29. The van der Waals surface area contributed by atoms with E-state index in [0.717, 1.165) is 22.5 Å². The molecule has 4 aromatic rings. The Hall–Kier alpha value is -2.27. The van der Waals surface area contributed by atoms with Crippen LogP contribution in [0.1, 0.15) is 0 Å². The molecule has 3 heteroatoms. The topological polar surface area (TPSA) is 38.0 Å². The number of anilines is 2. The molecule has 0 radical (unpaired) electrons. The normalized spacial score (nSPS) is 11.0. The van der Waals surface area contributed by atoms with Crippen LogP contribution in [0.5, 0.6) is 0 Å². The predicted molar refractivity (Wildman–Crippen MR) is 109 cm³/mol. The molecular formula is C20H15IN2. The summed E-state index contributed by atoms with van der Waals surface area (Å²) in [5.74, 6) is 0. The SMILES string of the molecule is Nc1ccc2ccccc2c1-c1c(NI)ccc2ccccc12. The second-order valence-corrected chi connectivity index (χ2v) is 6.09. The van der Waals surface area contributed by atoms with Crippen molar-refractivity contribution in [2.75, 3.05) is 9.26 Å². The molecule has 2 nitrogen and oxygen atoms in total. The van der Waals surface area contributed by atoms with Crippen LogP contribution in [0.25, 0.3) is 32.7 Å². The third kappa shape index (κ3) is 2.32. The van der Waals surface area contributed by atoms with Crippen molar-refractivity contribution in [3.8, 4) is 11.1 Å². The molecule has 0 saturated carbocycles. The van der Waals surface area contributed by atoms with E-state index < -0.39 is 0 Å². The van der Waals surface area contributed by atoms with Crippen LogP contribution in [-0.2, 0) is 0 Å². The lowest BCUT2D eigenvalue weighted by Crippen LogP contribution is -1.95. The summed E-state index contributed by atoms with van der Waals surface area (Å²) >= 11 is 2.18. The molecule has 0 fully saturated rings. The molecule has 0 unspecified atom stereocenters. The van der Waals surface area contributed by atoms with Crippen LogP contribution in [0.4, 0.5) is 11.4 Å². The first-order valence-electron chi connectivity index (χ1n) is 7.45. The molecule has 0 aliphatic rings. The van der Waals surface area contributed by atoms with Gasteiger partial charge in [-0.1, -0.05) is 60.7 Å². The third-order valence-corrected chi connectivity index (χ3v) is 4.82. The van der Waals surface area contributed by atoms with E-state index in [4.69, 9.17) is 5.73 Å². The molecule has 0 bridgehead atoms. The van der Waals surface area contributed by atoms with Crippen molar-refractivity contribution >= 4 is 55.8 Å². The van der Waals surface area contributed by atoms with Gasteiger partial charge in [0, 0.05) is 16.8 Å². The predicted octanol–water partition coefficient (Wildman–Crippen LogP) is 6.00. The number of benzene rings is 4. The zero-order chi connectivity index (χ0) is 15.8. The van der Waals surface area contributed by atoms with Gasteiger partial charge in [0.2, 0.25) is 0 Å². The standard InChI is InChI=1S/C20H15IN2/c21-23-18-12-10-14-6-2-4-8-16(14)20(18)19-15-7-3-1-5-13(15)9-11-17(19)22/h1-12,23H,22H2. The van der Waals surface area contributed by atoms with E-state index in [2.05, 4.69) is 93.1 Å². The molecule has 0 aromatic heterocycles. The van der Waals surface area contributed by atoms with Gasteiger partial charge in [0.15, 0.2) is 0 Å². The van der Waals surface area contributed by atoms with Crippen molar-refractivity contribution in [1.82, 2.24) is 0 Å². The molecule has 0 atom stereocenters. The maximum Gasteiger partial charge on any atom is 0.0560 e. The molecular weight excluding hydrogens is 395 g/mol. The molecule has 4 rings (SSSR count). The van der Waals surface area contributed by atoms with Crippen LogP contribution in [0.3, 0.4) is 0 Å². The summed E-state index contributed by atoms with van der Waals surface area (Å²) in [6.45, 7) is 0. The van der Waals surface area contributed by atoms with Gasteiger partial charge in [0.25, 0.3) is 0 Å². The fourth-order valence-electron chi connectivity index (χ4n) is 3.19. The Kier molecular flexibility index (Phi) is 3.58. The number of hydrogen-bond donors (Lipinski definition) is 2. The summed E-state index contributed by atoms with van der Waals surface area (Å²) in [7, 11) is 0. The summed E-state index contributed by atoms with van der Waals surface area (Å²) in [5.41, 5.74) is 10.5. The Labute approximate surface area is 148 Å². The Bertz CT molecular complexity index is 1020. The van der Waals surface area contributed by atoms with E-state index >= 15 is 0 Å². The highest BCUT2D eigenvalue weighted by Crippen LogP contribution is 2.42. The number of nitrogens with one attached hydrogen (secondary N) is 1. The highest BCUT2D eigenvalue weighted by molar-refractivity contribution is 14.1. The first-order valence-corrected chi connectivity index (χ1v) is 8.53. The summed E-state index contributed by atoms with van der Waals surface area (Å²) in [5, 5.41) is 4.79. The summed E-state index contributed by atoms with van der Waals surface area (Å²) in [4.78, 5) is 0. The lowest BCUT2D eigenvalue weighted by atomic mass is 9.91. The summed E-state index contributed by atoms with van der Waals surface area (Å²) in [6.07, 6.45) is 0. The van der Waals surface area contributed by atoms with Gasteiger partial charge in [-0.15, -0.1) is 0 Å². The fourth-order valence-corrected chi connectivity index (χ4v) is 3.64. The quantitative estimate of drug-likeness (QED) is 0.242. The van der Waals surface area contributed by atoms with E-state index in [9.17, 15) is 0 Å². The second-order valence-electron chi connectivity index (χ2n) is 5.55. The molecule has 0 aliphatic carbocycles.